The van der Waals surface area contributed by atoms with Crippen molar-refractivity contribution in [3.63, 3.8) is 0 Å². The number of hydrogen-bond acceptors (Lipinski definition) is 4. The summed E-state index contributed by atoms with van der Waals surface area (Å²) in [4.78, 5) is 28.5. The number of carbonyl (C=O) groups excluding carboxylic acids is 1. The minimum Gasteiger partial charge on any atom is -0.408 e. The van der Waals surface area contributed by atoms with Gasteiger partial charge in [-0.2, -0.15) is 0 Å². The third-order valence-electron chi connectivity index (χ3n) is 3.93. The van der Waals surface area contributed by atoms with E-state index < -0.39 is 5.76 Å². The highest BCUT2D eigenvalue weighted by atomic mass is 16.4. The second-order valence-corrected chi connectivity index (χ2v) is 5.83. The molecule has 0 aliphatic carbocycles. The Morgan fingerprint density at radius 3 is 2.75 bits per heavy atom. The van der Waals surface area contributed by atoms with E-state index in [-0.39, 0.29) is 18.9 Å². The maximum absolute atomic E-state index is 12.3. The predicted molar refractivity (Wildman–Crippen MR) is 92.2 cm³/mol. The largest absolute Gasteiger partial charge is 0.419 e. The van der Waals surface area contributed by atoms with Gasteiger partial charge in [0.05, 0.1) is 16.9 Å². The van der Waals surface area contributed by atoms with Crippen LogP contribution in [0.25, 0.3) is 11.1 Å². The van der Waals surface area contributed by atoms with Crippen molar-refractivity contribution in [1.82, 2.24) is 9.55 Å². The first-order valence-electron chi connectivity index (χ1n) is 7.79. The monoisotopic (exact) mass is 325 g/mol. The molecular formula is C18H19N3O3. The molecule has 6 heteroatoms. The Morgan fingerprint density at radius 2 is 2.00 bits per heavy atom. The van der Waals surface area contributed by atoms with Crippen LogP contribution in [0.2, 0.25) is 0 Å². The first-order chi connectivity index (χ1) is 11.5. The number of nitrogens with zero attached hydrogens (tertiary/aromatic N) is 2. The van der Waals surface area contributed by atoms with Crippen molar-refractivity contribution < 1.29 is 9.21 Å². The number of hydrogen-bond donors (Lipinski definition) is 1. The van der Waals surface area contributed by atoms with Gasteiger partial charge in [-0.3, -0.25) is 14.3 Å². The minimum absolute atomic E-state index is 0.163. The Bertz CT molecular complexity index is 946. The van der Waals surface area contributed by atoms with E-state index in [1.807, 2.05) is 32.9 Å². The van der Waals surface area contributed by atoms with Crippen molar-refractivity contribution in [3.05, 3.63) is 57.8 Å². The van der Waals surface area contributed by atoms with E-state index in [1.54, 1.807) is 18.2 Å². The molecule has 0 fully saturated rings. The summed E-state index contributed by atoms with van der Waals surface area (Å²) < 4.78 is 6.64. The van der Waals surface area contributed by atoms with Crippen LogP contribution in [0, 0.1) is 20.8 Å². The normalized spacial score (nSPS) is 11.0. The van der Waals surface area contributed by atoms with Gasteiger partial charge in [-0.1, -0.05) is 12.1 Å². The van der Waals surface area contributed by atoms with Crippen LogP contribution in [-0.2, 0) is 11.3 Å². The van der Waals surface area contributed by atoms with E-state index in [9.17, 15) is 9.59 Å². The number of amides is 1. The molecule has 1 aromatic carbocycles. The van der Waals surface area contributed by atoms with Gasteiger partial charge in [-0.05, 0) is 44.5 Å². The Balaban J connectivity index is 1.74. The van der Waals surface area contributed by atoms with Crippen LogP contribution in [0.3, 0.4) is 0 Å². The topological polar surface area (TPSA) is 77.1 Å². The summed E-state index contributed by atoms with van der Waals surface area (Å²) >= 11 is 0. The van der Waals surface area contributed by atoms with Crippen LogP contribution in [0.4, 0.5) is 5.69 Å². The van der Waals surface area contributed by atoms with Crippen LogP contribution in [0.5, 0.6) is 0 Å². The molecule has 1 amide bonds. The molecule has 0 aliphatic heterocycles. The number of para-hydroxylation sites is 2. The Morgan fingerprint density at radius 1 is 1.25 bits per heavy atom. The van der Waals surface area contributed by atoms with E-state index >= 15 is 0 Å². The Labute approximate surface area is 139 Å². The summed E-state index contributed by atoms with van der Waals surface area (Å²) in [5.74, 6) is -0.614. The number of carbonyl (C=O) groups is 1. The van der Waals surface area contributed by atoms with Gasteiger partial charge in [-0.25, -0.2) is 4.79 Å². The van der Waals surface area contributed by atoms with Crippen LogP contribution in [0.15, 0.2) is 39.5 Å². The van der Waals surface area contributed by atoms with Gasteiger partial charge in [0.15, 0.2) is 5.58 Å². The lowest BCUT2D eigenvalue weighted by atomic mass is 10.1. The van der Waals surface area contributed by atoms with E-state index in [4.69, 9.17) is 4.42 Å². The Hall–Kier alpha value is -2.89. The van der Waals surface area contributed by atoms with Crippen molar-refractivity contribution in [2.24, 2.45) is 0 Å². The molecule has 0 atom stereocenters. The number of rotatable bonds is 4. The second kappa shape index (κ2) is 6.31. The van der Waals surface area contributed by atoms with Crippen molar-refractivity contribution in [1.29, 1.82) is 0 Å². The number of fused-ring (bicyclic) bond motifs is 1. The molecular weight excluding hydrogens is 306 g/mol. The fourth-order valence-electron chi connectivity index (χ4n) is 2.85. The molecule has 124 valence electrons. The molecule has 0 spiro atoms. The molecule has 0 radical (unpaired) electrons. The fourth-order valence-corrected chi connectivity index (χ4v) is 2.85. The highest BCUT2D eigenvalue weighted by Crippen LogP contribution is 2.19. The third-order valence-corrected chi connectivity index (χ3v) is 3.93. The molecule has 2 aromatic heterocycles. The molecule has 6 nitrogen and oxygen atoms in total. The third kappa shape index (κ3) is 3.08. The van der Waals surface area contributed by atoms with Crippen molar-refractivity contribution in [2.45, 2.75) is 33.7 Å². The van der Waals surface area contributed by atoms with Gasteiger partial charge in [0.2, 0.25) is 5.91 Å². The van der Waals surface area contributed by atoms with Gasteiger partial charge in [0.25, 0.3) is 0 Å². The van der Waals surface area contributed by atoms with E-state index in [0.717, 1.165) is 22.6 Å². The molecule has 1 N–H and O–H groups in total. The average Bonchev–Trinajstić information content (AvgIpc) is 2.84. The fraction of sp³-hybridized carbons (Fsp3) is 0.278. The standard InChI is InChI=1S/C18H19N3O3/c1-11-10-12(2)19-13(3)17(11)20-16(22)8-9-21-14-6-4-5-7-15(14)24-18(21)23/h4-7,10H,8-9H2,1-3H3,(H,20,22). The van der Waals surface area contributed by atoms with E-state index in [1.165, 1.54) is 4.57 Å². The average molecular weight is 325 g/mol. The van der Waals surface area contributed by atoms with Crippen LogP contribution in [-0.4, -0.2) is 15.5 Å². The number of benzene rings is 1. The number of aryl methyl sites for hydroxylation is 4. The molecule has 0 bridgehead atoms. The summed E-state index contributed by atoms with van der Waals surface area (Å²) in [5.41, 5.74) is 4.62. The molecule has 0 saturated heterocycles. The van der Waals surface area contributed by atoms with Crippen molar-refractivity contribution in [3.8, 4) is 0 Å². The zero-order valence-electron chi connectivity index (χ0n) is 13.9. The Kier molecular flexibility index (Phi) is 4.20. The first kappa shape index (κ1) is 16.0. The molecule has 24 heavy (non-hydrogen) atoms. The van der Waals surface area contributed by atoms with Gasteiger partial charge in [0, 0.05) is 18.7 Å². The van der Waals surface area contributed by atoms with Crippen LogP contribution >= 0.6 is 0 Å². The lowest BCUT2D eigenvalue weighted by Gasteiger charge is -2.12. The highest BCUT2D eigenvalue weighted by molar-refractivity contribution is 5.92. The zero-order chi connectivity index (χ0) is 17.3. The number of nitrogens with one attached hydrogen (secondary N) is 1. The predicted octanol–water partition coefficient (Wildman–Crippen LogP) is 2.94. The van der Waals surface area contributed by atoms with Crippen molar-refractivity contribution in [2.75, 3.05) is 5.32 Å². The molecule has 0 unspecified atom stereocenters. The quantitative estimate of drug-likeness (QED) is 0.800. The summed E-state index contributed by atoms with van der Waals surface area (Å²) in [6, 6.07) is 9.10. The molecule has 0 saturated carbocycles. The minimum atomic E-state index is -0.451. The van der Waals surface area contributed by atoms with Gasteiger partial charge < -0.3 is 9.73 Å². The number of pyridine rings is 1. The zero-order valence-corrected chi connectivity index (χ0v) is 13.9. The number of anilines is 1. The molecule has 0 aliphatic rings. The summed E-state index contributed by atoms with van der Waals surface area (Å²) in [6.07, 6.45) is 0.177. The maximum Gasteiger partial charge on any atom is 0.419 e. The van der Waals surface area contributed by atoms with Crippen LogP contribution < -0.4 is 11.1 Å². The van der Waals surface area contributed by atoms with Crippen molar-refractivity contribution >= 4 is 22.7 Å². The maximum atomic E-state index is 12.3. The van der Waals surface area contributed by atoms with Gasteiger partial charge in [-0.15, -0.1) is 0 Å². The first-order valence-corrected chi connectivity index (χ1v) is 7.79. The molecule has 3 rings (SSSR count). The van der Waals surface area contributed by atoms with Gasteiger partial charge in [0.1, 0.15) is 0 Å². The SMILES string of the molecule is Cc1cc(C)c(NC(=O)CCn2c(=O)oc3ccccc32)c(C)n1. The lowest BCUT2D eigenvalue weighted by molar-refractivity contribution is -0.116. The smallest absolute Gasteiger partial charge is 0.408 e. The molecule has 2 heterocycles. The lowest BCUT2D eigenvalue weighted by Crippen LogP contribution is -2.20. The molecule has 3 aromatic rings. The van der Waals surface area contributed by atoms with E-state index in [0.29, 0.717) is 11.1 Å². The van der Waals surface area contributed by atoms with Gasteiger partial charge >= 0.3 is 5.76 Å². The summed E-state index contributed by atoms with van der Waals surface area (Å²) in [5, 5.41) is 2.89. The second-order valence-electron chi connectivity index (χ2n) is 5.83. The van der Waals surface area contributed by atoms with Crippen LogP contribution in [0.1, 0.15) is 23.4 Å². The number of oxazole rings is 1. The summed E-state index contributed by atoms with van der Waals surface area (Å²) in [6.45, 7) is 5.98. The summed E-state index contributed by atoms with van der Waals surface area (Å²) in [7, 11) is 0. The highest BCUT2D eigenvalue weighted by Gasteiger charge is 2.12. The number of aromatic nitrogens is 2. The van der Waals surface area contributed by atoms with E-state index in [2.05, 4.69) is 10.3 Å².